The van der Waals surface area contributed by atoms with Crippen molar-refractivity contribution in [2.45, 2.75) is 25.5 Å². The summed E-state index contributed by atoms with van der Waals surface area (Å²) in [6.45, 7) is 5.66. The minimum absolute atomic E-state index is 0.0287. The summed E-state index contributed by atoms with van der Waals surface area (Å²) in [6.07, 6.45) is 0.235. The van der Waals surface area contributed by atoms with E-state index in [0.29, 0.717) is 44.3 Å². The molecule has 0 unspecified atom stereocenters. The maximum absolute atomic E-state index is 12.5. The van der Waals surface area contributed by atoms with E-state index < -0.39 is 17.9 Å². The quantitative estimate of drug-likeness (QED) is 0.710. The molecule has 2 N–H and O–H groups in total. The number of rotatable bonds is 5. The van der Waals surface area contributed by atoms with Crippen molar-refractivity contribution in [3.05, 3.63) is 34.9 Å². The van der Waals surface area contributed by atoms with Crippen LogP contribution in [0.2, 0.25) is 5.02 Å². The molecule has 2 fully saturated rings. The van der Waals surface area contributed by atoms with Crippen LogP contribution in [0.4, 0.5) is 0 Å². The van der Waals surface area contributed by atoms with E-state index in [1.54, 1.807) is 6.92 Å². The SMILES string of the molecule is C[C@H](O)[C@H]1CCN(C(=O)C(=O)NC[C@@H](c2ccccc2Cl)N2CCOCC2)C1. The summed E-state index contributed by atoms with van der Waals surface area (Å²) in [5.41, 5.74) is 0.925. The van der Waals surface area contributed by atoms with E-state index >= 15 is 0 Å². The lowest BCUT2D eigenvalue weighted by atomic mass is 10.0. The Hall–Kier alpha value is -1.67. The van der Waals surface area contributed by atoms with Crippen molar-refractivity contribution in [1.82, 2.24) is 15.1 Å². The maximum Gasteiger partial charge on any atom is 0.311 e. The largest absolute Gasteiger partial charge is 0.393 e. The van der Waals surface area contributed by atoms with Gasteiger partial charge in [-0.05, 0) is 25.0 Å². The number of hydrogen-bond acceptors (Lipinski definition) is 5. The first-order valence-corrected chi connectivity index (χ1v) is 10.2. The lowest BCUT2D eigenvalue weighted by Crippen LogP contribution is -2.47. The fourth-order valence-electron chi connectivity index (χ4n) is 3.84. The Balaban J connectivity index is 1.64. The first-order chi connectivity index (χ1) is 13.5. The smallest absolute Gasteiger partial charge is 0.311 e. The van der Waals surface area contributed by atoms with E-state index in [1.165, 1.54) is 4.90 Å². The molecule has 2 aliphatic rings. The topological polar surface area (TPSA) is 82.1 Å². The number of carbonyl (C=O) groups is 2. The number of ether oxygens (including phenoxy) is 1. The van der Waals surface area contributed by atoms with Crippen LogP contribution in [0.15, 0.2) is 24.3 Å². The second-order valence-corrected chi connectivity index (χ2v) is 7.84. The van der Waals surface area contributed by atoms with Crippen molar-refractivity contribution in [3.8, 4) is 0 Å². The molecular formula is C20H28ClN3O4. The van der Waals surface area contributed by atoms with Crippen molar-refractivity contribution in [3.63, 3.8) is 0 Å². The first-order valence-electron chi connectivity index (χ1n) is 9.78. The van der Waals surface area contributed by atoms with Gasteiger partial charge in [0, 0.05) is 43.7 Å². The highest BCUT2D eigenvalue weighted by Crippen LogP contribution is 2.28. The Bertz CT molecular complexity index is 694. The van der Waals surface area contributed by atoms with E-state index in [-0.39, 0.29) is 12.0 Å². The fraction of sp³-hybridized carbons (Fsp3) is 0.600. The van der Waals surface area contributed by atoms with E-state index in [2.05, 4.69) is 10.2 Å². The summed E-state index contributed by atoms with van der Waals surface area (Å²) in [5.74, 6) is -1.12. The van der Waals surface area contributed by atoms with Gasteiger partial charge >= 0.3 is 11.8 Å². The summed E-state index contributed by atoms with van der Waals surface area (Å²) >= 11 is 6.40. The highest BCUT2D eigenvalue weighted by Gasteiger charge is 2.33. The third-order valence-corrected chi connectivity index (χ3v) is 5.94. The third kappa shape index (κ3) is 5.03. The molecule has 154 valence electrons. The Kier molecular flexibility index (Phi) is 7.29. The summed E-state index contributed by atoms with van der Waals surface area (Å²) in [7, 11) is 0. The van der Waals surface area contributed by atoms with Crippen LogP contribution in [-0.2, 0) is 14.3 Å². The number of carbonyl (C=O) groups excluding carboxylic acids is 2. The number of halogens is 1. The molecular weight excluding hydrogens is 382 g/mol. The molecule has 2 aliphatic heterocycles. The zero-order valence-corrected chi connectivity index (χ0v) is 16.9. The molecule has 0 aliphatic carbocycles. The minimum Gasteiger partial charge on any atom is -0.393 e. The Morgan fingerprint density at radius 2 is 2.00 bits per heavy atom. The van der Waals surface area contributed by atoms with Gasteiger partial charge in [-0.15, -0.1) is 0 Å². The van der Waals surface area contributed by atoms with Gasteiger partial charge < -0.3 is 20.1 Å². The normalized spacial score (nSPS) is 22.7. The Morgan fingerprint density at radius 3 is 2.64 bits per heavy atom. The number of benzene rings is 1. The number of aliphatic hydroxyl groups excluding tert-OH is 1. The van der Waals surface area contributed by atoms with Crippen molar-refractivity contribution < 1.29 is 19.4 Å². The molecule has 8 heteroatoms. The van der Waals surface area contributed by atoms with E-state index in [1.807, 2.05) is 24.3 Å². The molecule has 3 atom stereocenters. The number of amides is 2. The van der Waals surface area contributed by atoms with E-state index in [9.17, 15) is 14.7 Å². The zero-order chi connectivity index (χ0) is 20.1. The van der Waals surface area contributed by atoms with Crippen molar-refractivity contribution in [1.29, 1.82) is 0 Å². The standard InChI is InChI=1S/C20H28ClN3O4/c1-14(25)15-6-7-24(13-15)20(27)19(26)22-12-18(23-8-10-28-11-9-23)16-4-2-3-5-17(16)21/h2-5,14-15,18,25H,6-13H2,1H3,(H,22,26)/t14-,15-,18-/m0/s1. The number of nitrogens with one attached hydrogen (secondary N) is 1. The molecule has 0 bridgehead atoms. The molecule has 2 heterocycles. The third-order valence-electron chi connectivity index (χ3n) is 5.60. The number of morpholine rings is 1. The zero-order valence-electron chi connectivity index (χ0n) is 16.1. The number of hydrogen-bond donors (Lipinski definition) is 2. The number of likely N-dealkylation sites (tertiary alicyclic amines) is 1. The molecule has 0 spiro atoms. The predicted molar refractivity (Wildman–Crippen MR) is 106 cm³/mol. The van der Waals surface area contributed by atoms with E-state index in [0.717, 1.165) is 18.7 Å². The van der Waals surface area contributed by atoms with Crippen LogP contribution in [0.5, 0.6) is 0 Å². The van der Waals surface area contributed by atoms with Crippen LogP contribution in [0.1, 0.15) is 24.9 Å². The minimum atomic E-state index is -0.614. The molecule has 2 amide bonds. The van der Waals surface area contributed by atoms with Gasteiger partial charge in [0.05, 0.1) is 25.4 Å². The Morgan fingerprint density at radius 1 is 1.29 bits per heavy atom. The summed E-state index contributed by atoms with van der Waals surface area (Å²) in [6, 6.07) is 7.44. The summed E-state index contributed by atoms with van der Waals surface area (Å²) in [5, 5.41) is 13.1. The average Bonchev–Trinajstić information content (AvgIpc) is 3.20. The molecule has 0 aromatic heterocycles. The highest BCUT2D eigenvalue weighted by atomic mass is 35.5. The van der Waals surface area contributed by atoms with Gasteiger partial charge in [-0.2, -0.15) is 0 Å². The molecule has 2 saturated heterocycles. The molecule has 1 aromatic carbocycles. The molecule has 1 aromatic rings. The number of aliphatic hydroxyl groups is 1. The van der Waals surface area contributed by atoms with Gasteiger partial charge in [0.25, 0.3) is 0 Å². The first kappa shape index (κ1) is 21.0. The van der Waals surface area contributed by atoms with Gasteiger partial charge in [-0.1, -0.05) is 29.8 Å². The second-order valence-electron chi connectivity index (χ2n) is 7.44. The van der Waals surface area contributed by atoms with Gasteiger partial charge in [0.1, 0.15) is 0 Å². The lowest BCUT2D eigenvalue weighted by Gasteiger charge is -2.35. The maximum atomic E-state index is 12.5. The van der Waals surface area contributed by atoms with Crippen molar-refractivity contribution in [2.24, 2.45) is 5.92 Å². The molecule has 3 rings (SSSR count). The molecule has 0 saturated carbocycles. The van der Waals surface area contributed by atoms with Crippen LogP contribution in [0.3, 0.4) is 0 Å². The highest BCUT2D eigenvalue weighted by molar-refractivity contribution is 6.35. The summed E-state index contributed by atoms with van der Waals surface area (Å²) < 4.78 is 5.43. The molecule has 28 heavy (non-hydrogen) atoms. The Labute approximate surface area is 170 Å². The molecule has 7 nitrogen and oxygen atoms in total. The lowest BCUT2D eigenvalue weighted by molar-refractivity contribution is -0.145. The number of nitrogens with zero attached hydrogens (tertiary/aromatic N) is 2. The van der Waals surface area contributed by atoms with Crippen molar-refractivity contribution in [2.75, 3.05) is 45.9 Å². The average molecular weight is 410 g/mol. The monoisotopic (exact) mass is 409 g/mol. The van der Waals surface area contributed by atoms with Crippen LogP contribution in [-0.4, -0.2) is 78.8 Å². The predicted octanol–water partition coefficient (Wildman–Crippen LogP) is 1.06. The van der Waals surface area contributed by atoms with Gasteiger partial charge in [-0.3, -0.25) is 14.5 Å². The molecule has 0 radical (unpaired) electrons. The van der Waals surface area contributed by atoms with Crippen molar-refractivity contribution >= 4 is 23.4 Å². The summed E-state index contributed by atoms with van der Waals surface area (Å²) in [4.78, 5) is 28.7. The van der Waals surface area contributed by atoms with Gasteiger partial charge in [0.2, 0.25) is 0 Å². The van der Waals surface area contributed by atoms with Crippen LogP contribution >= 0.6 is 11.6 Å². The van der Waals surface area contributed by atoms with Gasteiger partial charge in [-0.25, -0.2) is 0 Å². The second kappa shape index (κ2) is 9.69. The van der Waals surface area contributed by atoms with Crippen LogP contribution in [0.25, 0.3) is 0 Å². The fourth-order valence-corrected chi connectivity index (χ4v) is 4.11. The van der Waals surface area contributed by atoms with E-state index in [4.69, 9.17) is 16.3 Å². The van der Waals surface area contributed by atoms with Crippen LogP contribution in [0, 0.1) is 5.92 Å². The van der Waals surface area contributed by atoms with Crippen LogP contribution < -0.4 is 5.32 Å². The van der Waals surface area contributed by atoms with Gasteiger partial charge in [0.15, 0.2) is 0 Å².